The fraction of sp³-hybridized carbons (Fsp3) is 0.375. The van der Waals surface area contributed by atoms with Crippen molar-refractivity contribution in [3.8, 4) is 0 Å². The van der Waals surface area contributed by atoms with Crippen molar-refractivity contribution in [2.24, 2.45) is 0 Å². The van der Waals surface area contributed by atoms with Crippen LogP contribution in [0.4, 0.5) is 15.9 Å². The number of aromatic amines is 2. The van der Waals surface area contributed by atoms with Gasteiger partial charge in [0.2, 0.25) is 0 Å². The number of halogens is 1. The molecule has 1 aromatic carbocycles. The first-order valence-corrected chi connectivity index (χ1v) is 7.83. The summed E-state index contributed by atoms with van der Waals surface area (Å²) in [6.45, 7) is 1.47. The standard InChI is InChI=1S/C16H18FN5O/c17-13-10-19-21-16(13)22(7-6-11-3-2-8-23-11)15-5-1-4-14-12(15)9-18-20-14/h1,4-5,9-11H,2-3,6-8H2,(H,18,20)(H,19,21). The molecule has 1 aliphatic heterocycles. The van der Waals surface area contributed by atoms with Gasteiger partial charge in [-0.05, 0) is 31.4 Å². The van der Waals surface area contributed by atoms with Gasteiger partial charge in [0.25, 0.3) is 0 Å². The molecule has 1 aliphatic rings. The van der Waals surface area contributed by atoms with Crippen molar-refractivity contribution >= 4 is 22.4 Å². The molecule has 1 unspecified atom stereocenters. The van der Waals surface area contributed by atoms with Gasteiger partial charge < -0.3 is 9.64 Å². The highest BCUT2D eigenvalue weighted by molar-refractivity contribution is 5.93. The zero-order chi connectivity index (χ0) is 15.6. The highest BCUT2D eigenvalue weighted by Gasteiger charge is 2.22. The summed E-state index contributed by atoms with van der Waals surface area (Å²) in [6.07, 6.45) is 6.21. The molecule has 1 atom stereocenters. The lowest BCUT2D eigenvalue weighted by Gasteiger charge is -2.25. The maximum atomic E-state index is 14.1. The third kappa shape index (κ3) is 2.68. The molecule has 0 amide bonds. The van der Waals surface area contributed by atoms with Crippen molar-refractivity contribution in [3.05, 3.63) is 36.4 Å². The Morgan fingerprint density at radius 2 is 2.17 bits per heavy atom. The molecule has 0 aliphatic carbocycles. The summed E-state index contributed by atoms with van der Waals surface area (Å²) < 4.78 is 19.8. The minimum absolute atomic E-state index is 0.243. The Labute approximate surface area is 132 Å². The minimum atomic E-state index is -0.363. The lowest BCUT2D eigenvalue weighted by Crippen LogP contribution is -2.23. The Morgan fingerprint density at radius 3 is 2.96 bits per heavy atom. The van der Waals surface area contributed by atoms with Crippen LogP contribution < -0.4 is 4.90 Å². The van der Waals surface area contributed by atoms with Crippen LogP contribution in [0.2, 0.25) is 0 Å². The Balaban J connectivity index is 1.69. The topological polar surface area (TPSA) is 69.8 Å². The number of ether oxygens (including phenoxy) is 1. The van der Waals surface area contributed by atoms with E-state index in [1.54, 1.807) is 6.20 Å². The number of rotatable bonds is 5. The Bertz CT molecular complexity index is 792. The maximum Gasteiger partial charge on any atom is 0.185 e. The van der Waals surface area contributed by atoms with E-state index in [9.17, 15) is 4.39 Å². The molecule has 120 valence electrons. The van der Waals surface area contributed by atoms with Crippen LogP contribution in [0.5, 0.6) is 0 Å². The van der Waals surface area contributed by atoms with Gasteiger partial charge in [0, 0.05) is 18.5 Å². The molecule has 2 aromatic heterocycles. The van der Waals surface area contributed by atoms with Gasteiger partial charge in [-0.15, -0.1) is 0 Å². The van der Waals surface area contributed by atoms with Crippen LogP contribution in [-0.4, -0.2) is 39.7 Å². The SMILES string of the molecule is Fc1cn[nH]c1N(CCC1CCCO1)c1cccc2[nH]ncc12. The Hall–Kier alpha value is -2.41. The quantitative estimate of drug-likeness (QED) is 0.759. The van der Waals surface area contributed by atoms with E-state index in [1.165, 1.54) is 6.20 Å². The predicted octanol–water partition coefficient (Wildman–Crippen LogP) is 3.13. The molecule has 23 heavy (non-hydrogen) atoms. The van der Waals surface area contributed by atoms with E-state index in [0.717, 1.165) is 42.5 Å². The summed E-state index contributed by atoms with van der Waals surface area (Å²) in [5, 5.41) is 14.6. The normalized spacial score (nSPS) is 17.9. The van der Waals surface area contributed by atoms with E-state index < -0.39 is 0 Å². The van der Waals surface area contributed by atoms with Crippen molar-refractivity contribution in [2.75, 3.05) is 18.1 Å². The van der Waals surface area contributed by atoms with Crippen LogP contribution in [0.3, 0.4) is 0 Å². The van der Waals surface area contributed by atoms with Gasteiger partial charge in [0.15, 0.2) is 11.6 Å². The fourth-order valence-electron chi connectivity index (χ4n) is 3.14. The number of aromatic nitrogens is 4. The molecule has 2 N–H and O–H groups in total. The molecule has 0 spiro atoms. The first-order chi connectivity index (χ1) is 11.3. The first-order valence-electron chi connectivity index (χ1n) is 7.83. The van der Waals surface area contributed by atoms with Crippen LogP contribution in [0.1, 0.15) is 19.3 Å². The highest BCUT2D eigenvalue weighted by atomic mass is 19.1. The maximum absolute atomic E-state index is 14.1. The van der Waals surface area contributed by atoms with Gasteiger partial charge in [-0.2, -0.15) is 10.2 Å². The van der Waals surface area contributed by atoms with Crippen molar-refractivity contribution in [2.45, 2.75) is 25.4 Å². The molecule has 3 heterocycles. The Morgan fingerprint density at radius 1 is 1.26 bits per heavy atom. The summed E-state index contributed by atoms with van der Waals surface area (Å²) in [7, 11) is 0. The molecule has 6 nitrogen and oxygen atoms in total. The van der Waals surface area contributed by atoms with Gasteiger partial charge in [0.1, 0.15) is 0 Å². The molecule has 1 saturated heterocycles. The molecule has 0 radical (unpaired) electrons. The number of anilines is 2. The second-order valence-corrected chi connectivity index (χ2v) is 5.75. The molecular formula is C16H18FN5O. The second kappa shape index (κ2) is 6.00. The van der Waals surface area contributed by atoms with Crippen LogP contribution in [0.25, 0.3) is 10.9 Å². The minimum Gasteiger partial charge on any atom is -0.378 e. The number of hydrogen-bond acceptors (Lipinski definition) is 4. The van der Waals surface area contributed by atoms with Crippen molar-refractivity contribution in [1.82, 2.24) is 20.4 Å². The average Bonchev–Trinajstić information content (AvgIpc) is 3.29. The highest BCUT2D eigenvalue weighted by Crippen LogP contribution is 2.32. The van der Waals surface area contributed by atoms with E-state index in [-0.39, 0.29) is 11.9 Å². The van der Waals surface area contributed by atoms with E-state index in [1.807, 2.05) is 23.1 Å². The number of nitrogens with one attached hydrogen (secondary N) is 2. The summed E-state index contributed by atoms with van der Waals surface area (Å²) in [5.74, 6) is 0.00883. The van der Waals surface area contributed by atoms with Gasteiger partial charge in [0.05, 0.1) is 29.7 Å². The zero-order valence-corrected chi connectivity index (χ0v) is 12.6. The lowest BCUT2D eigenvalue weighted by molar-refractivity contribution is 0.106. The molecule has 3 aromatic rings. The van der Waals surface area contributed by atoms with Crippen LogP contribution >= 0.6 is 0 Å². The smallest absolute Gasteiger partial charge is 0.185 e. The molecule has 7 heteroatoms. The first kappa shape index (κ1) is 14.2. The predicted molar refractivity (Wildman–Crippen MR) is 85.2 cm³/mol. The number of nitrogens with zero attached hydrogens (tertiary/aromatic N) is 3. The van der Waals surface area contributed by atoms with E-state index in [2.05, 4.69) is 20.4 Å². The van der Waals surface area contributed by atoms with E-state index in [0.29, 0.717) is 12.4 Å². The molecule has 0 saturated carbocycles. The van der Waals surface area contributed by atoms with Crippen molar-refractivity contribution < 1.29 is 9.13 Å². The largest absolute Gasteiger partial charge is 0.378 e. The van der Waals surface area contributed by atoms with E-state index in [4.69, 9.17) is 4.74 Å². The molecule has 1 fully saturated rings. The summed E-state index contributed by atoms with van der Waals surface area (Å²) in [5.41, 5.74) is 1.82. The molecule has 4 rings (SSSR count). The summed E-state index contributed by atoms with van der Waals surface area (Å²) in [4.78, 5) is 1.92. The third-order valence-electron chi connectivity index (χ3n) is 4.30. The van der Waals surface area contributed by atoms with Gasteiger partial charge in [-0.25, -0.2) is 4.39 Å². The van der Waals surface area contributed by atoms with Gasteiger partial charge in [-0.3, -0.25) is 10.2 Å². The number of H-pyrrole nitrogens is 2. The summed E-state index contributed by atoms with van der Waals surface area (Å²) in [6, 6.07) is 5.85. The van der Waals surface area contributed by atoms with Crippen molar-refractivity contribution in [3.63, 3.8) is 0 Å². The fourth-order valence-corrected chi connectivity index (χ4v) is 3.14. The summed E-state index contributed by atoms with van der Waals surface area (Å²) >= 11 is 0. The van der Waals surface area contributed by atoms with Crippen LogP contribution in [-0.2, 0) is 4.74 Å². The number of fused-ring (bicyclic) bond motifs is 1. The number of hydrogen-bond donors (Lipinski definition) is 2. The zero-order valence-electron chi connectivity index (χ0n) is 12.6. The third-order valence-corrected chi connectivity index (χ3v) is 4.30. The second-order valence-electron chi connectivity index (χ2n) is 5.75. The van der Waals surface area contributed by atoms with Crippen LogP contribution in [0.15, 0.2) is 30.6 Å². The lowest BCUT2D eigenvalue weighted by atomic mass is 10.1. The van der Waals surface area contributed by atoms with Gasteiger partial charge >= 0.3 is 0 Å². The molecular weight excluding hydrogens is 297 g/mol. The van der Waals surface area contributed by atoms with Gasteiger partial charge in [-0.1, -0.05) is 6.07 Å². The van der Waals surface area contributed by atoms with Crippen molar-refractivity contribution in [1.29, 1.82) is 0 Å². The Kier molecular flexibility index (Phi) is 3.70. The molecule has 0 bridgehead atoms. The monoisotopic (exact) mass is 315 g/mol. The number of benzene rings is 1. The van der Waals surface area contributed by atoms with E-state index >= 15 is 0 Å². The van der Waals surface area contributed by atoms with Crippen LogP contribution in [0, 0.1) is 5.82 Å². The average molecular weight is 315 g/mol.